The molecule has 156 valence electrons. The lowest BCUT2D eigenvalue weighted by atomic mass is 9.93. The van der Waals surface area contributed by atoms with Gasteiger partial charge in [-0.05, 0) is 73.5 Å². The molecular weight excluding hydrogens is 424 g/mol. The average Bonchev–Trinajstić information content (AvgIpc) is 3.20. The highest BCUT2D eigenvalue weighted by molar-refractivity contribution is 7.99. The van der Waals surface area contributed by atoms with Crippen molar-refractivity contribution in [1.29, 1.82) is 0 Å². The lowest BCUT2D eigenvalue weighted by molar-refractivity contribution is 1.34. The Balaban J connectivity index is 1.59. The molecule has 5 aromatic carbocycles. The van der Waals surface area contributed by atoms with Gasteiger partial charge in [0.05, 0.1) is 10.9 Å². The van der Waals surface area contributed by atoms with Crippen LogP contribution in [0.5, 0.6) is 0 Å². The van der Waals surface area contributed by atoms with E-state index < -0.39 is 0 Å². The van der Waals surface area contributed by atoms with Crippen LogP contribution in [0.3, 0.4) is 0 Å². The molecule has 0 aliphatic carbocycles. The van der Waals surface area contributed by atoms with Crippen molar-refractivity contribution in [2.45, 2.75) is 46.1 Å². The molecule has 0 saturated heterocycles. The highest BCUT2D eigenvalue weighted by Gasteiger charge is 2.37. The van der Waals surface area contributed by atoms with E-state index in [0.29, 0.717) is 0 Å². The van der Waals surface area contributed by atoms with E-state index in [9.17, 15) is 0 Å². The molecule has 0 amide bonds. The Kier molecular flexibility index (Phi) is 4.82. The van der Waals surface area contributed by atoms with Crippen LogP contribution in [0.2, 0.25) is 0 Å². The van der Waals surface area contributed by atoms with Gasteiger partial charge in [0.25, 0.3) is 0 Å². The molecule has 0 N–H and O–H groups in total. The van der Waals surface area contributed by atoms with Gasteiger partial charge in [0.2, 0.25) is 0 Å². The standard InChI is InChI=1S/C30H25S2/c1-19-10-14-22(15-11-19)31-27-8-4-6-24-21(3)25-7-5-9-28-30(25)26(29(24)27)18-32(28)23-16-12-20(2)13-17-23/h4-17H,18H2,1-3H3/q+1. The SMILES string of the molecule is Cc1ccc(Sc2cccc3c(C)c4cccc5c4c(c23)C[S+]5c2ccc(C)cc2)cc1. The van der Waals surface area contributed by atoms with E-state index in [-0.39, 0.29) is 10.9 Å². The van der Waals surface area contributed by atoms with E-state index >= 15 is 0 Å². The molecule has 1 heterocycles. The van der Waals surface area contributed by atoms with Gasteiger partial charge < -0.3 is 0 Å². The summed E-state index contributed by atoms with van der Waals surface area (Å²) in [6, 6.07) is 31.9. The van der Waals surface area contributed by atoms with Crippen molar-refractivity contribution in [1.82, 2.24) is 0 Å². The fraction of sp³-hybridized carbons (Fsp3) is 0.133. The van der Waals surface area contributed by atoms with E-state index in [2.05, 4.69) is 106 Å². The van der Waals surface area contributed by atoms with Crippen LogP contribution in [0.1, 0.15) is 22.3 Å². The van der Waals surface area contributed by atoms with E-state index in [1.54, 1.807) is 0 Å². The maximum Gasteiger partial charge on any atom is 0.169 e. The third-order valence-electron chi connectivity index (χ3n) is 6.57. The number of fused-ring (bicyclic) bond motifs is 2. The summed E-state index contributed by atoms with van der Waals surface area (Å²) in [6.45, 7) is 6.62. The fourth-order valence-corrected chi connectivity index (χ4v) is 8.23. The summed E-state index contributed by atoms with van der Waals surface area (Å²) in [4.78, 5) is 5.64. The second-order valence-corrected chi connectivity index (χ2v) is 11.8. The first-order chi connectivity index (χ1) is 15.6. The van der Waals surface area contributed by atoms with E-state index in [1.807, 2.05) is 11.8 Å². The summed E-state index contributed by atoms with van der Waals surface area (Å²) in [6.07, 6.45) is 0. The summed E-state index contributed by atoms with van der Waals surface area (Å²) in [5.41, 5.74) is 5.57. The number of aryl methyl sites for hydroxylation is 3. The average molecular weight is 450 g/mol. The Morgan fingerprint density at radius 2 is 1.28 bits per heavy atom. The van der Waals surface area contributed by atoms with Crippen LogP contribution in [-0.4, -0.2) is 0 Å². The van der Waals surface area contributed by atoms with Crippen molar-refractivity contribution < 1.29 is 0 Å². The lowest BCUT2D eigenvalue weighted by Gasteiger charge is -2.13. The first-order valence-electron chi connectivity index (χ1n) is 11.1. The highest BCUT2D eigenvalue weighted by atomic mass is 32.2. The van der Waals surface area contributed by atoms with Crippen LogP contribution in [0, 0.1) is 20.8 Å². The fourth-order valence-electron chi connectivity index (χ4n) is 4.88. The molecule has 1 aliphatic rings. The largest absolute Gasteiger partial charge is 0.169 e. The summed E-state index contributed by atoms with van der Waals surface area (Å²) in [7, 11) is 0.0862. The van der Waals surface area contributed by atoms with Crippen molar-refractivity contribution in [3.63, 3.8) is 0 Å². The van der Waals surface area contributed by atoms with Gasteiger partial charge in [-0.2, -0.15) is 0 Å². The number of benzene rings is 5. The Morgan fingerprint density at radius 3 is 2.00 bits per heavy atom. The maximum atomic E-state index is 2.36. The zero-order valence-corrected chi connectivity index (χ0v) is 20.2. The molecule has 32 heavy (non-hydrogen) atoms. The summed E-state index contributed by atoms with van der Waals surface area (Å²) < 4.78 is 0. The number of hydrogen-bond acceptors (Lipinski definition) is 1. The van der Waals surface area contributed by atoms with Crippen LogP contribution in [-0.2, 0) is 16.6 Å². The van der Waals surface area contributed by atoms with Gasteiger partial charge in [-0.3, -0.25) is 0 Å². The minimum absolute atomic E-state index is 0.0862. The molecule has 0 nitrogen and oxygen atoms in total. The molecule has 0 saturated carbocycles. The molecule has 0 fully saturated rings. The lowest BCUT2D eigenvalue weighted by Crippen LogP contribution is -2.01. The maximum absolute atomic E-state index is 2.36. The summed E-state index contributed by atoms with van der Waals surface area (Å²) in [5, 5.41) is 5.77. The van der Waals surface area contributed by atoms with Crippen molar-refractivity contribution >= 4 is 44.2 Å². The first-order valence-corrected chi connectivity index (χ1v) is 13.3. The third-order valence-corrected chi connectivity index (χ3v) is 9.93. The quantitative estimate of drug-likeness (QED) is 0.196. The minimum Gasteiger partial charge on any atom is -0.0894 e. The van der Waals surface area contributed by atoms with Crippen molar-refractivity contribution in [2.75, 3.05) is 0 Å². The van der Waals surface area contributed by atoms with E-state index in [0.717, 1.165) is 5.75 Å². The molecule has 0 radical (unpaired) electrons. The Hall–Kier alpha value is -2.68. The molecule has 0 bridgehead atoms. The highest BCUT2D eigenvalue weighted by Crippen LogP contribution is 2.48. The van der Waals surface area contributed by atoms with Gasteiger partial charge in [-0.25, -0.2) is 0 Å². The van der Waals surface area contributed by atoms with Gasteiger partial charge in [-0.15, -0.1) is 0 Å². The van der Waals surface area contributed by atoms with Gasteiger partial charge in [-0.1, -0.05) is 71.4 Å². The number of hydrogen-bond donors (Lipinski definition) is 0. The monoisotopic (exact) mass is 449 g/mol. The van der Waals surface area contributed by atoms with E-state index in [1.165, 1.54) is 63.4 Å². The van der Waals surface area contributed by atoms with Gasteiger partial charge in [0.15, 0.2) is 9.79 Å². The van der Waals surface area contributed by atoms with Gasteiger partial charge in [0, 0.05) is 26.1 Å². The zero-order valence-electron chi connectivity index (χ0n) is 18.6. The third kappa shape index (κ3) is 3.17. The van der Waals surface area contributed by atoms with Crippen LogP contribution in [0.4, 0.5) is 0 Å². The molecule has 1 aliphatic heterocycles. The molecule has 6 rings (SSSR count). The minimum atomic E-state index is 0.0862. The molecule has 1 atom stereocenters. The summed E-state index contributed by atoms with van der Waals surface area (Å²) in [5.74, 6) is 1.10. The predicted octanol–water partition coefficient (Wildman–Crippen LogP) is 8.62. The molecule has 0 aromatic heterocycles. The van der Waals surface area contributed by atoms with Crippen LogP contribution in [0.25, 0.3) is 21.5 Å². The Bertz CT molecular complexity index is 1480. The van der Waals surface area contributed by atoms with Crippen molar-refractivity contribution in [3.8, 4) is 0 Å². The predicted molar refractivity (Wildman–Crippen MR) is 140 cm³/mol. The second kappa shape index (κ2) is 7.72. The molecule has 5 aromatic rings. The normalized spacial score (nSPS) is 15.0. The molecule has 1 unspecified atom stereocenters. The Labute approximate surface area is 197 Å². The smallest absolute Gasteiger partial charge is 0.0894 e. The zero-order chi connectivity index (χ0) is 21.8. The Morgan fingerprint density at radius 1 is 0.656 bits per heavy atom. The van der Waals surface area contributed by atoms with Crippen molar-refractivity contribution in [3.05, 3.63) is 107 Å². The molecule has 2 heteroatoms. The molecular formula is C30H25S2+. The van der Waals surface area contributed by atoms with E-state index in [4.69, 9.17) is 0 Å². The van der Waals surface area contributed by atoms with Gasteiger partial charge in [0.1, 0.15) is 5.75 Å². The molecule has 0 spiro atoms. The summed E-state index contributed by atoms with van der Waals surface area (Å²) >= 11 is 1.90. The van der Waals surface area contributed by atoms with Crippen molar-refractivity contribution in [2.24, 2.45) is 0 Å². The van der Waals surface area contributed by atoms with Crippen LogP contribution < -0.4 is 0 Å². The topological polar surface area (TPSA) is 0 Å². The van der Waals surface area contributed by atoms with Gasteiger partial charge >= 0.3 is 0 Å². The van der Waals surface area contributed by atoms with Crippen LogP contribution in [0.15, 0.2) is 105 Å². The second-order valence-electron chi connectivity index (χ2n) is 8.72. The first kappa shape index (κ1) is 20.0. The number of rotatable bonds is 3. The van der Waals surface area contributed by atoms with Crippen LogP contribution >= 0.6 is 11.8 Å².